The van der Waals surface area contributed by atoms with Crippen molar-refractivity contribution in [2.75, 3.05) is 36.0 Å². The molecule has 0 aromatic heterocycles. The van der Waals surface area contributed by atoms with E-state index in [0.717, 1.165) is 24.3 Å². The average molecular weight is 471 g/mol. The molecule has 3 amide bonds. The zero-order chi connectivity index (χ0) is 24.7. The van der Waals surface area contributed by atoms with Gasteiger partial charge < -0.3 is 9.80 Å². The molecule has 1 unspecified atom stereocenters. The standard InChI is InChI=1S/C27H42N4O3/c1-5-7-8-16-29(15-6-2)22-13-17-30(18-14-22)23-9-10-24(20(3)19-23)31(21(4)32)25-11-12-26(33)28-27(25)34/h9-10,19,22,25H,5-8,11-18H2,1-4H3,(H,28,33,34). The SMILES string of the molecule is CCCCCN(CCC)C1CCN(c2ccc(N(C(C)=O)C3CCC(=O)NC3=O)c(C)c2)CC1. The van der Waals surface area contributed by atoms with Crippen LogP contribution in [0.1, 0.15) is 77.7 Å². The highest BCUT2D eigenvalue weighted by Gasteiger charge is 2.35. The molecule has 2 aliphatic rings. The van der Waals surface area contributed by atoms with Gasteiger partial charge in [0, 0.05) is 43.9 Å². The van der Waals surface area contributed by atoms with Gasteiger partial charge in [0.2, 0.25) is 17.7 Å². The third kappa shape index (κ3) is 6.38. The summed E-state index contributed by atoms with van der Waals surface area (Å²) in [6.07, 6.45) is 8.00. The van der Waals surface area contributed by atoms with E-state index in [0.29, 0.717) is 12.5 Å². The summed E-state index contributed by atoms with van der Waals surface area (Å²) in [5.74, 6) is -0.860. The number of anilines is 2. The Labute approximate surface area is 204 Å². The molecule has 1 aromatic carbocycles. The third-order valence-corrected chi connectivity index (χ3v) is 7.21. The monoisotopic (exact) mass is 470 g/mol. The van der Waals surface area contributed by atoms with Crippen molar-refractivity contribution in [3.63, 3.8) is 0 Å². The second-order valence-electron chi connectivity index (χ2n) is 9.79. The van der Waals surface area contributed by atoms with E-state index < -0.39 is 11.9 Å². The van der Waals surface area contributed by atoms with Crippen molar-refractivity contribution in [3.8, 4) is 0 Å². The van der Waals surface area contributed by atoms with Crippen LogP contribution in [0.4, 0.5) is 11.4 Å². The molecule has 2 heterocycles. The van der Waals surface area contributed by atoms with Crippen LogP contribution in [-0.4, -0.2) is 60.9 Å². The minimum Gasteiger partial charge on any atom is -0.371 e. The lowest BCUT2D eigenvalue weighted by Gasteiger charge is -2.40. The molecule has 1 atom stereocenters. The number of benzene rings is 1. The minimum absolute atomic E-state index is 0.190. The summed E-state index contributed by atoms with van der Waals surface area (Å²) in [7, 11) is 0. The number of nitrogens with zero attached hydrogens (tertiary/aromatic N) is 3. The average Bonchev–Trinajstić information content (AvgIpc) is 2.81. The maximum Gasteiger partial charge on any atom is 0.249 e. The van der Waals surface area contributed by atoms with Crippen LogP contribution >= 0.6 is 0 Å². The van der Waals surface area contributed by atoms with Crippen molar-refractivity contribution in [2.45, 2.75) is 91.1 Å². The smallest absolute Gasteiger partial charge is 0.249 e. The molecule has 0 spiro atoms. The van der Waals surface area contributed by atoms with Gasteiger partial charge in [-0.3, -0.25) is 24.6 Å². The Bertz CT molecular complexity index is 863. The summed E-state index contributed by atoms with van der Waals surface area (Å²) < 4.78 is 0. The summed E-state index contributed by atoms with van der Waals surface area (Å²) in [4.78, 5) is 43.2. The maximum atomic E-state index is 12.5. The molecule has 2 saturated heterocycles. The number of aryl methyl sites for hydroxylation is 1. The van der Waals surface area contributed by atoms with Crippen LogP contribution in [0, 0.1) is 6.92 Å². The number of carbonyl (C=O) groups is 3. The van der Waals surface area contributed by atoms with E-state index in [1.165, 1.54) is 64.2 Å². The molecular formula is C27H42N4O3. The fourth-order valence-corrected chi connectivity index (χ4v) is 5.41. The van der Waals surface area contributed by atoms with Gasteiger partial charge in [-0.25, -0.2) is 0 Å². The first-order valence-electron chi connectivity index (χ1n) is 13.1. The van der Waals surface area contributed by atoms with Crippen molar-refractivity contribution in [3.05, 3.63) is 23.8 Å². The highest BCUT2D eigenvalue weighted by atomic mass is 16.2. The molecule has 2 aliphatic heterocycles. The van der Waals surface area contributed by atoms with E-state index in [4.69, 9.17) is 0 Å². The first-order chi connectivity index (χ1) is 16.3. The molecule has 3 rings (SSSR count). The van der Waals surface area contributed by atoms with Crippen molar-refractivity contribution < 1.29 is 14.4 Å². The first kappa shape index (κ1) is 26.2. The molecule has 1 N–H and O–H groups in total. The molecule has 0 bridgehead atoms. The van der Waals surface area contributed by atoms with E-state index in [1.807, 2.05) is 13.0 Å². The van der Waals surface area contributed by atoms with Crippen LogP contribution in [0.25, 0.3) is 0 Å². The van der Waals surface area contributed by atoms with Gasteiger partial charge in [0.15, 0.2) is 0 Å². The van der Waals surface area contributed by atoms with Crippen LogP contribution in [-0.2, 0) is 14.4 Å². The van der Waals surface area contributed by atoms with Gasteiger partial charge in [-0.05, 0) is 75.9 Å². The van der Waals surface area contributed by atoms with Gasteiger partial charge in [0.1, 0.15) is 6.04 Å². The van der Waals surface area contributed by atoms with Crippen LogP contribution in [0.2, 0.25) is 0 Å². The maximum absolute atomic E-state index is 12.5. The summed E-state index contributed by atoms with van der Waals surface area (Å²) in [5.41, 5.74) is 2.87. The predicted octanol–water partition coefficient (Wildman–Crippen LogP) is 4.02. The Kier molecular flexibility index (Phi) is 9.51. The molecular weight excluding hydrogens is 428 g/mol. The number of piperidine rings is 2. The quantitative estimate of drug-likeness (QED) is 0.413. The number of amides is 3. The molecule has 188 valence electrons. The minimum atomic E-state index is -0.646. The lowest BCUT2D eigenvalue weighted by Crippen LogP contribution is -2.54. The number of carbonyl (C=O) groups excluding carboxylic acids is 3. The van der Waals surface area contributed by atoms with E-state index in [1.54, 1.807) is 4.90 Å². The van der Waals surface area contributed by atoms with Gasteiger partial charge >= 0.3 is 0 Å². The van der Waals surface area contributed by atoms with Gasteiger partial charge in [-0.15, -0.1) is 0 Å². The number of rotatable bonds is 10. The van der Waals surface area contributed by atoms with Crippen molar-refractivity contribution in [1.82, 2.24) is 10.2 Å². The van der Waals surface area contributed by atoms with Crippen LogP contribution in [0.15, 0.2) is 18.2 Å². The summed E-state index contributed by atoms with van der Waals surface area (Å²) in [6.45, 7) is 12.4. The summed E-state index contributed by atoms with van der Waals surface area (Å²) in [5, 5.41) is 2.37. The molecule has 0 radical (unpaired) electrons. The Hall–Kier alpha value is -2.41. The second kappa shape index (κ2) is 12.3. The topological polar surface area (TPSA) is 73.0 Å². The Balaban J connectivity index is 1.67. The number of nitrogens with one attached hydrogen (secondary N) is 1. The van der Waals surface area contributed by atoms with E-state index in [9.17, 15) is 14.4 Å². The lowest BCUT2D eigenvalue weighted by atomic mass is 10.00. The van der Waals surface area contributed by atoms with Crippen LogP contribution < -0.4 is 15.1 Å². The molecule has 1 aromatic rings. The predicted molar refractivity (Wildman–Crippen MR) is 137 cm³/mol. The van der Waals surface area contributed by atoms with Crippen LogP contribution in [0.3, 0.4) is 0 Å². The van der Waals surface area contributed by atoms with E-state index in [-0.39, 0.29) is 18.2 Å². The Morgan fingerprint density at radius 3 is 2.38 bits per heavy atom. The highest BCUT2D eigenvalue weighted by Crippen LogP contribution is 2.31. The normalized spacial score (nSPS) is 19.4. The van der Waals surface area contributed by atoms with E-state index >= 15 is 0 Å². The van der Waals surface area contributed by atoms with Crippen LogP contribution in [0.5, 0.6) is 0 Å². The third-order valence-electron chi connectivity index (χ3n) is 7.21. The van der Waals surface area contributed by atoms with Gasteiger partial charge in [-0.1, -0.05) is 26.7 Å². The number of unbranched alkanes of at least 4 members (excludes halogenated alkanes) is 2. The summed E-state index contributed by atoms with van der Waals surface area (Å²) >= 11 is 0. The van der Waals surface area contributed by atoms with E-state index in [2.05, 4.69) is 41.1 Å². The van der Waals surface area contributed by atoms with Gasteiger partial charge in [-0.2, -0.15) is 0 Å². The Morgan fingerprint density at radius 1 is 1.06 bits per heavy atom. The number of hydrogen-bond donors (Lipinski definition) is 1. The zero-order valence-corrected chi connectivity index (χ0v) is 21.4. The zero-order valence-electron chi connectivity index (χ0n) is 21.4. The molecule has 0 saturated carbocycles. The summed E-state index contributed by atoms with van der Waals surface area (Å²) in [6, 6.07) is 6.16. The van der Waals surface area contributed by atoms with Crippen molar-refractivity contribution in [1.29, 1.82) is 0 Å². The second-order valence-corrected chi connectivity index (χ2v) is 9.79. The highest BCUT2D eigenvalue weighted by molar-refractivity contribution is 6.06. The first-order valence-corrected chi connectivity index (χ1v) is 13.1. The fourth-order valence-electron chi connectivity index (χ4n) is 5.41. The van der Waals surface area contributed by atoms with Crippen molar-refractivity contribution in [2.24, 2.45) is 0 Å². The fraction of sp³-hybridized carbons (Fsp3) is 0.667. The molecule has 2 fully saturated rings. The lowest BCUT2D eigenvalue weighted by molar-refractivity contribution is -0.135. The van der Waals surface area contributed by atoms with Gasteiger partial charge in [0.25, 0.3) is 0 Å². The largest absolute Gasteiger partial charge is 0.371 e. The van der Waals surface area contributed by atoms with Gasteiger partial charge in [0.05, 0.1) is 0 Å². The molecule has 0 aliphatic carbocycles. The molecule has 34 heavy (non-hydrogen) atoms. The number of imide groups is 1. The molecule has 7 nitrogen and oxygen atoms in total. The molecule has 7 heteroatoms. The van der Waals surface area contributed by atoms with Crippen molar-refractivity contribution >= 4 is 29.1 Å². The Morgan fingerprint density at radius 2 is 1.79 bits per heavy atom. The number of hydrogen-bond acceptors (Lipinski definition) is 5.